The van der Waals surface area contributed by atoms with Gasteiger partial charge < -0.3 is 5.73 Å². The lowest BCUT2D eigenvalue weighted by Gasteiger charge is -2.19. The maximum Gasteiger partial charge on any atom is 0.00645 e. The predicted molar refractivity (Wildman–Crippen MR) is 74.7 cm³/mol. The van der Waals surface area contributed by atoms with Crippen molar-refractivity contribution in [1.82, 2.24) is 0 Å². The highest BCUT2D eigenvalue weighted by Crippen LogP contribution is 2.16. The highest BCUT2D eigenvalue weighted by Gasteiger charge is 2.11. The lowest BCUT2D eigenvalue weighted by molar-refractivity contribution is 0.381. The van der Waals surface area contributed by atoms with Gasteiger partial charge >= 0.3 is 0 Å². The molecule has 0 fully saturated rings. The van der Waals surface area contributed by atoms with E-state index in [1.165, 1.54) is 64.2 Å². The summed E-state index contributed by atoms with van der Waals surface area (Å²) in [7, 11) is 0. The van der Waals surface area contributed by atoms with Gasteiger partial charge in [-0.3, -0.25) is 0 Å². The molecular weight excluding hydrogens is 194 g/mol. The molecule has 0 aliphatic carbocycles. The molecule has 0 heterocycles. The van der Waals surface area contributed by atoms with E-state index >= 15 is 0 Å². The van der Waals surface area contributed by atoms with Crippen LogP contribution in [0.5, 0.6) is 0 Å². The first-order valence-corrected chi connectivity index (χ1v) is 7.47. The van der Waals surface area contributed by atoms with Crippen LogP contribution in [0.3, 0.4) is 0 Å². The Balaban J connectivity index is 3.31. The summed E-state index contributed by atoms with van der Waals surface area (Å²) in [6.07, 6.45) is 13.5. The van der Waals surface area contributed by atoms with E-state index in [9.17, 15) is 0 Å². The van der Waals surface area contributed by atoms with Crippen LogP contribution in [0.1, 0.15) is 85.0 Å². The maximum absolute atomic E-state index is 6.17. The highest BCUT2D eigenvalue weighted by molar-refractivity contribution is 4.69. The average molecular weight is 227 g/mol. The third-order valence-electron chi connectivity index (χ3n) is 3.63. The van der Waals surface area contributed by atoms with Crippen LogP contribution in [0.4, 0.5) is 0 Å². The number of nitrogens with two attached hydrogens (primary N) is 1. The van der Waals surface area contributed by atoms with E-state index < -0.39 is 0 Å². The van der Waals surface area contributed by atoms with Crippen LogP contribution in [0, 0.1) is 5.92 Å². The summed E-state index contributed by atoms with van der Waals surface area (Å²) in [6, 6.07) is 0.440. The third kappa shape index (κ3) is 9.21. The molecule has 1 heteroatoms. The van der Waals surface area contributed by atoms with Crippen molar-refractivity contribution in [2.75, 3.05) is 0 Å². The van der Waals surface area contributed by atoms with Crippen molar-refractivity contribution >= 4 is 0 Å². The van der Waals surface area contributed by atoms with Gasteiger partial charge in [0.25, 0.3) is 0 Å². The second kappa shape index (κ2) is 11.4. The van der Waals surface area contributed by atoms with E-state index in [1.807, 2.05) is 0 Å². The monoisotopic (exact) mass is 227 g/mol. The Bertz CT molecular complexity index is 133. The Morgan fingerprint density at radius 3 is 1.94 bits per heavy atom. The zero-order valence-electron chi connectivity index (χ0n) is 11.8. The standard InChI is InChI=1S/C15H33N/c1-4-6-8-9-10-11-12-14(3)15(16)13-7-5-2/h14-15H,4-13,16H2,1-3H3. The molecule has 2 N–H and O–H groups in total. The Hall–Kier alpha value is -0.0400. The fraction of sp³-hybridized carbons (Fsp3) is 1.00. The first-order chi connectivity index (χ1) is 7.72. The highest BCUT2D eigenvalue weighted by atomic mass is 14.6. The fourth-order valence-electron chi connectivity index (χ4n) is 2.19. The van der Waals surface area contributed by atoms with Crippen molar-refractivity contribution in [3.05, 3.63) is 0 Å². The molecule has 0 aromatic heterocycles. The van der Waals surface area contributed by atoms with E-state index in [-0.39, 0.29) is 0 Å². The quantitative estimate of drug-likeness (QED) is 0.500. The van der Waals surface area contributed by atoms with Gasteiger partial charge in [-0.25, -0.2) is 0 Å². The van der Waals surface area contributed by atoms with Gasteiger partial charge in [0.2, 0.25) is 0 Å². The van der Waals surface area contributed by atoms with E-state index in [2.05, 4.69) is 20.8 Å². The van der Waals surface area contributed by atoms with Crippen LogP contribution in [-0.2, 0) is 0 Å². The number of unbranched alkanes of at least 4 members (excludes halogenated alkanes) is 6. The smallest absolute Gasteiger partial charge is 0.00645 e. The molecule has 0 amide bonds. The van der Waals surface area contributed by atoms with Gasteiger partial charge in [0, 0.05) is 6.04 Å². The molecule has 0 aromatic rings. The maximum atomic E-state index is 6.17. The van der Waals surface area contributed by atoms with Crippen molar-refractivity contribution in [3.8, 4) is 0 Å². The van der Waals surface area contributed by atoms with Crippen LogP contribution in [0.2, 0.25) is 0 Å². The summed E-state index contributed by atoms with van der Waals surface area (Å²) in [4.78, 5) is 0. The predicted octanol–water partition coefficient (Wildman–Crippen LogP) is 4.89. The molecule has 0 saturated carbocycles. The molecule has 1 nitrogen and oxygen atoms in total. The minimum absolute atomic E-state index is 0.440. The number of hydrogen-bond donors (Lipinski definition) is 1. The van der Waals surface area contributed by atoms with Gasteiger partial charge in [0.05, 0.1) is 0 Å². The Morgan fingerprint density at radius 2 is 1.31 bits per heavy atom. The molecule has 0 rings (SSSR count). The number of rotatable bonds is 11. The molecule has 2 atom stereocenters. The first-order valence-electron chi connectivity index (χ1n) is 7.47. The zero-order chi connectivity index (χ0) is 12.2. The summed E-state index contributed by atoms with van der Waals surface area (Å²) >= 11 is 0. The Morgan fingerprint density at radius 1 is 0.750 bits per heavy atom. The Kier molecular flexibility index (Phi) is 11.4. The summed E-state index contributed by atoms with van der Waals surface area (Å²) < 4.78 is 0. The normalized spacial score (nSPS) is 15.0. The molecule has 0 radical (unpaired) electrons. The van der Waals surface area contributed by atoms with Gasteiger partial charge in [0.15, 0.2) is 0 Å². The molecule has 0 bridgehead atoms. The van der Waals surface area contributed by atoms with Crippen LogP contribution in [0.15, 0.2) is 0 Å². The van der Waals surface area contributed by atoms with Crippen LogP contribution in [-0.4, -0.2) is 6.04 Å². The van der Waals surface area contributed by atoms with Crippen molar-refractivity contribution in [1.29, 1.82) is 0 Å². The van der Waals surface area contributed by atoms with Gasteiger partial charge in [-0.15, -0.1) is 0 Å². The molecule has 16 heavy (non-hydrogen) atoms. The second-order valence-electron chi connectivity index (χ2n) is 5.34. The third-order valence-corrected chi connectivity index (χ3v) is 3.63. The summed E-state index contributed by atoms with van der Waals surface area (Å²) in [5.74, 6) is 0.720. The molecule has 0 spiro atoms. The average Bonchev–Trinajstić information content (AvgIpc) is 2.30. The van der Waals surface area contributed by atoms with Crippen molar-refractivity contribution in [3.63, 3.8) is 0 Å². The SMILES string of the molecule is CCCCCCCCC(C)C(N)CCCC. The van der Waals surface area contributed by atoms with E-state index in [4.69, 9.17) is 5.73 Å². The van der Waals surface area contributed by atoms with E-state index in [0.717, 1.165) is 5.92 Å². The first kappa shape index (κ1) is 16.0. The Labute approximate surface area is 103 Å². The van der Waals surface area contributed by atoms with E-state index in [0.29, 0.717) is 6.04 Å². The lowest BCUT2D eigenvalue weighted by atomic mass is 9.92. The van der Waals surface area contributed by atoms with Crippen LogP contribution >= 0.6 is 0 Å². The van der Waals surface area contributed by atoms with Crippen molar-refractivity contribution in [2.45, 2.75) is 91.0 Å². The minimum atomic E-state index is 0.440. The topological polar surface area (TPSA) is 26.0 Å². The van der Waals surface area contributed by atoms with Crippen molar-refractivity contribution in [2.24, 2.45) is 11.7 Å². The van der Waals surface area contributed by atoms with Gasteiger partial charge in [-0.2, -0.15) is 0 Å². The molecule has 0 aliphatic heterocycles. The lowest BCUT2D eigenvalue weighted by Crippen LogP contribution is -2.28. The van der Waals surface area contributed by atoms with Gasteiger partial charge in [-0.1, -0.05) is 72.1 Å². The molecule has 2 unspecified atom stereocenters. The fourth-order valence-corrected chi connectivity index (χ4v) is 2.19. The largest absolute Gasteiger partial charge is 0.327 e. The summed E-state index contributed by atoms with van der Waals surface area (Å²) in [5, 5.41) is 0. The number of hydrogen-bond acceptors (Lipinski definition) is 1. The van der Waals surface area contributed by atoms with Gasteiger partial charge in [-0.05, 0) is 18.8 Å². The second-order valence-corrected chi connectivity index (χ2v) is 5.34. The zero-order valence-corrected chi connectivity index (χ0v) is 11.8. The summed E-state index contributed by atoms with van der Waals surface area (Å²) in [6.45, 7) is 6.84. The molecule has 98 valence electrons. The molecule has 0 aromatic carbocycles. The molecule has 0 aliphatic rings. The minimum Gasteiger partial charge on any atom is -0.327 e. The molecular formula is C15H33N. The van der Waals surface area contributed by atoms with Crippen molar-refractivity contribution < 1.29 is 0 Å². The molecule has 0 saturated heterocycles. The van der Waals surface area contributed by atoms with E-state index in [1.54, 1.807) is 0 Å². The van der Waals surface area contributed by atoms with Gasteiger partial charge in [0.1, 0.15) is 0 Å². The van der Waals surface area contributed by atoms with Crippen LogP contribution in [0.25, 0.3) is 0 Å². The summed E-state index contributed by atoms with van der Waals surface area (Å²) in [5.41, 5.74) is 6.17. The van der Waals surface area contributed by atoms with Crippen LogP contribution < -0.4 is 5.73 Å².